The third-order valence-corrected chi connectivity index (χ3v) is 2.49. The minimum Gasteiger partial charge on any atom is -0.306 e. The molecular weight excluding hydrogens is 146 g/mol. The van der Waals surface area contributed by atoms with Crippen LogP contribution < -0.4 is 0 Å². The summed E-state index contributed by atoms with van der Waals surface area (Å²) in [5, 5.41) is 0. The van der Waals surface area contributed by atoms with Crippen LogP contribution in [0.4, 0.5) is 0 Å². The highest BCUT2D eigenvalue weighted by Gasteiger charge is 2.08. The molecule has 74 valence electrons. The fourth-order valence-electron chi connectivity index (χ4n) is 1.62. The second-order valence-corrected chi connectivity index (χ2v) is 3.90. The Morgan fingerprint density at radius 3 is 2.00 bits per heavy atom. The van der Waals surface area contributed by atoms with Crippen LogP contribution in [0, 0.1) is 0 Å². The Bertz CT molecular complexity index is 89.0. The number of rotatable bonds is 7. The van der Waals surface area contributed by atoms with Crippen LogP contribution in [0.1, 0.15) is 52.4 Å². The quantitative estimate of drug-likeness (QED) is 0.531. The monoisotopic (exact) mass is 171 g/mol. The first-order valence-corrected chi connectivity index (χ1v) is 5.38. The summed E-state index contributed by atoms with van der Waals surface area (Å²) in [5.74, 6) is 0. The van der Waals surface area contributed by atoms with Gasteiger partial charge in [-0.2, -0.15) is 0 Å². The summed E-state index contributed by atoms with van der Waals surface area (Å²) in [6.07, 6.45) is 8.19. The molecular formula is C11H25N. The molecule has 0 spiro atoms. The molecule has 0 aliphatic rings. The van der Waals surface area contributed by atoms with Gasteiger partial charge >= 0.3 is 0 Å². The van der Waals surface area contributed by atoms with E-state index in [0.717, 1.165) is 6.04 Å². The minimum absolute atomic E-state index is 0.821. The molecule has 0 aliphatic carbocycles. The molecule has 0 N–H and O–H groups in total. The normalized spacial score (nSPS) is 13.8. The Kier molecular flexibility index (Phi) is 7.58. The van der Waals surface area contributed by atoms with Gasteiger partial charge in [0, 0.05) is 6.04 Å². The lowest BCUT2D eigenvalue weighted by Gasteiger charge is -2.23. The topological polar surface area (TPSA) is 3.24 Å². The van der Waals surface area contributed by atoms with Crippen LogP contribution in [0.15, 0.2) is 0 Å². The zero-order chi connectivity index (χ0) is 9.40. The number of nitrogens with zero attached hydrogens (tertiary/aromatic N) is 1. The highest BCUT2D eigenvalue weighted by atomic mass is 15.1. The SMILES string of the molecule is CCCCC[C@H](CCC)N(C)C. The molecule has 0 rings (SSSR count). The van der Waals surface area contributed by atoms with Gasteiger partial charge in [0.25, 0.3) is 0 Å². The van der Waals surface area contributed by atoms with Gasteiger partial charge in [0.15, 0.2) is 0 Å². The summed E-state index contributed by atoms with van der Waals surface area (Å²) in [6, 6.07) is 0.821. The first-order chi connectivity index (χ1) is 5.72. The van der Waals surface area contributed by atoms with Crippen molar-refractivity contribution in [2.75, 3.05) is 14.1 Å². The average molecular weight is 171 g/mol. The van der Waals surface area contributed by atoms with Gasteiger partial charge in [-0.25, -0.2) is 0 Å². The molecule has 12 heavy (non-hydrogen) atoms. The fraction of sp³-hybridized carbons (Fsp3) is 1.00. The van der Waals surface area contributed by atoms with Crippen molar-refractivity contribution in [1.29, 1.82) is 0 Å². The molecule has 0 heterocycles. The second-order valence-electron chi connectivity index (χ2n) is 3.90. The van der Waals surface area contributed by atoms with Crippen LogP contribution in [0.3, 0.4) is 0 Å². The van der Waals surface area contributed by atoms with Gasteiger partial charge in [0.2, 0.25) is 0 Å². The van der Waals surface area contributed by atoms with Gasteiger partial charge in [0.1, 0.15) is 0 Å². The zero-order valence-corrected chi connectivity index (χ0v) is 9.27. The van der Waals surface area contributed by atoms with E-state index in [-0.39, 0.29) is 0 Å². The Labute approximate surface area is 78.1 Å². The molecule has 0 unspecified atom stereocenters. The zero-order valence-electron chi connectivity index (χ0n) is 9.27. The highest BCUT2D eigenvalue weighted by Crippen LogP contribution is 2.12. The molecule has 0 radical (unpaired) electrons. The van der Waals surface area contributed by atoms with Gasteiger partial charge in [-0.3, -0.25) is 0 Å². The van der Waals surface area contributed by atoms with Crippen molar-refractivity contribution in [2.24, 2.45) is 0 Å². The van der Waals surface area contributed by atoms with E-state index in [9.17, 15) is 0 Å². The van der Waals surface area contributed by atoms with Crippen LogP contribution in [-0.4, -0.2) is 25.0 Å². The smallest absolute Gasteiger partial charge is 0.00890 e. The molecule has 1 atom stereocenters. The van der Waals surface area contributed by atoms with E-state index >= 15 is 0 Å². The Hall–Kier alpha value is -0.0400. The molecule has 0 bridgehead atoms. The van der Waals surface area contributed by atoms with Crippen molar-refractivity contribution in [1.82, 2.24) is 4.90 Å². The van der Waals surface area contributed by atoms with Crippen molar-refractivity contribution in [3.05, 3.63) is 0 Å². The largest absolute Gasteiger partial charge is 0.306 e. The van der Waals surface area contributed by atoms with E-state index in [1.54, 1.807) is 0 Å². The summed E-state index contributed by atoms with van der Waals surface area (Å²) in [5.41, 5.74) is 0. The summed E-state index contributed by atoms with van der Waals surface area (Å²) in [4.78, 5) is 2.37. The molecule has 0 saturated carbocycles. The summed E-state index contributed by atoms with van der Waals surface area (Å²) >= 11 is 0. The molecule has 1 nitrogen and oxygen atoms in total. The van der Waals surface area contributed by atoms with Crippen LogP contribution in [0.25, 0.3) is 0 Å². The molecule has 0 saturated heterocycles. The van der Waals surface area contributed by atoms with Crippen LogP contribution in [0.2, 0.25) is 0 Å². The van der Waals surface area contributed by atoms with Crippen molar-refractivity contribution >= 4 is 0 Å². The Balaban J connectivity index is 3.49. The van der Waals surface area contributed by atoms with E-state index in [1.807, 2.05) is 0 Å². The predicted molar refractivity (Wildman–Crippen MR) is 56.5 cm³/mol. The lowest BCUT2D eigenvalue weighted by molar-refractivity contribution is 0.256. The maximum absolute atomic E-state index is 2.37. The Morgan fingerprint density at radius 2 is 1.58 bits per heavy atom. The van der Waals surface area contributed by atoms with Gasteiger partial charge < -0.3 is 4.90 Å². The molecule has 0 aliphatic heterocycles. The van der Waals surface area contributed by atoms with Crippen molar-refractivity contribution in [2.45, 2.75) is 58.4 Å². The second kappa shape index (κ2) is 7.60. The van der Waals surface area contributed by atoms with Crippen LogP contribution in [-0.2, 0) is 0 Å². The van der Waals surface area contributed by atoms with Gasteiger partial charge in [-0.15, -0.1) is 0 Å². The first kappa shape index (κ1) is 12.0. The van der Waals surface area contributed by atoms with Crippen molar-refractivity contribution in [3.63, 3.8) is 0 Å². The van der Waals surface area contributed by atoms with Crippen LogP contribution in [0.5, 0.6) is 0 Å². The highest BCUT2D eigenvalue weighted by molar-refractivity contribution is 4.65. The molecule has 0 aromatic carbocycles. The molecule has 0 aromatic rings. The van der Waals surface area contributed by atoms with E-state index in [4.69, 9.17) is 0 Å². The van der Waals surface area contributed by atoms with E-state index in [0.29, 0.717) is 0 Å². The third kappa shape index (κ3) is 5.59. The lowest BCUT2D eigenvalue weighted by atomic mass is 10.0. The first-order valence-electron chi connectivity index (χ1n) is 5.38. The predicted octanol–water partition coefficient (Wildman–Crippen LogP) is 3.30. The molecule has 0 aromatic heterocycles. The van der Waals surface area contributed by atoms with Gasteiger partial charge in [-0.05, 0) is 26.9 Å². The lowest BCUT2D eigenvalue weighted by Crippen LogP contribution is -2.27. The number of unbranched alkanes of at least 4 members (excludes halogenated alkanes) is 2. The van der Waals surface area contributed by atoms with E-state index in [2.05, 4.69) is 32.8 Å². The minimum atomic E-state index is 0.821. The molecule has 1 heteroatoms. The summed E-state index contributed by atoms with van der Waals surface area (Å²) < 4.78 is 0. The van der Waals surface area contributed by atoms with Crippen molar-refractivity contribution in [3.8, 4) is 0 Å². The van der Waals surface area contributed by atoms with E-state index in [1.165, 1.54) is 38.5 Å². The van der Waals surface area contributed by atoms with Crippen molar-refractivity contribution < 1.29 is 0 Å². The molecule has 0 fully saturated rings. The summed E-state index contributed by atoms with van der Waals surface area (Å²) in [7, 11) is 4.40. The molecule has 0 amide bonds. The van der Waals surface area contributed by atoms with Gasteiger partial charge in [-0.1, -0.05) is 39.5 Å². The van der Waals surface area contributed by atoms with Gasteiger partial charge in [0.05, 0.1) is 0 Å². The standard InChI is InChI=1S/C11H25N/c1-5-7-8-10-11(9-6-2)12(3)4/h11H,5-10H2,1-4H3/t11-/m0/s1. The maximum Gasteiger partial charge on any atom is 0.00890 e. The van der Waals surface area contributed by atoms with E-state index < -0.39 is 0 Å². The Morgan fingerprint density at radius 1 is 0.917 bits per heavy atom. The van der Waals surface area contributed by atoms with Crippen LogP contribution >= 0.6 is 0 Å². The third-order valence-electron chi connectivity index (χ3n) is 2.49. The number of hydrogen-bond acceptors (Lipinski definition) is 1. The summed E-state index contributed by atoms with van der Waals surface area (Å²) in [6.45, 7) is 4.54. The fourth-order valence-corrected chi connectivity index (χ4v) is 1.62. The number of hydrogen-bond donors (Lipinski definition) is 0. The maximum atomic E-state index is 2.37. The average Bonchev–Trinajstić information content (AvgIpc) is 2.03.